The van der Waals surface area contributed by atoms with E-state index in [2.05, 4.69) is 14.5 Å². The Balaban J connectivity index is 2.60. The Labute approximate surface area is 106 Å². The second-order valence-electron chi connectivity index (χ2n) is 3.46. The van der Waals surface area contributed by atoms with E-state index in [0.717, 1.165) is 12.3 Å². The Morgan fingerprint density at radius 2 is 2.11 bits per heavy atom. The van der Waals surface area contributed by atoms with Gasteiger partial charge >= 0.3 is 18.3 Å². The number of halogens is 4. The number of aromatic nitrogens is 1. The maximum absolute atomic E-state index is 12.6. The third kappa shape index (κ3) is 4.38. The number of alkyl halides is 4. The number of nitrogens with zero attached hydrogens (tertiary/aromatic N) is 1. The zero-order chi connectivity index (χ0) is 14.5. The van der Waals surface area contributed by atoms with Crippen molar-refractivity contribution in [1.82, 2.24) is 4.98 Å². The van der Waals surface area contributed by atoms with E-state index in [4.69, 9.17) is 0 Å². The molecule has 0 aliphatic carbocycles. The molecule has 0 spiro atoms. The third-order valence-electron chi connectivity index (χ3n) is 1.98. The number of carbonyl (C=O) groups excluding carboxylic acids is 1. The van der Waals surface area contributed by atoms with Crippen LogP contribution in [0.2, 0.25) is 0 Å². The molecule has 19 heavy (non-hydrogen) atoms. The van der Waals surface area contributed by atoms with Crippen molar-refractivity contribution in [3.8, 4) is 5.88 Å². The van der Waals surface area contributed by atoms with Crippen molar-refractivity contribution < 1.29 is 31.8 Å². The maximum atomic E-state index is 12.6. The standard InChI is InChI=1S/C11H11F4NO3/c1-2-18-9(17)7-3-4-8(16-5-7)19-6-11(14,15)10(12)13/h3-5,10H,2,6H2,1H3. The summed E-state index contributed by atoms with van der Waals surface area (Å²) < 4.78 is 58.0. The normalized spacial score (nSPS) is 11.5. The van der Waals surface area contributed by atoms with Crippen LogP contribution in [0.15, 0.2) is 18.3 Å². The lowest BCUT2D eigenvalue weighted by molar-refractivity contribution is -0.148. The van der Waals surface area contributed by atoms with Gasteiger partial charge in [0.2, 0.25) is 5.88 Å². The number of hydrogen-bond acceptors (Lipinski definition) is 4. The van der Waals surface area contributed by atoms with Crippen molar-refractivity contribution in [2.45, 2.75) is 19.3 Å². The monoisotopic (exact) mass is 281 g/mol. The van der Waals surface area contributed by atoms with Crippen LogP contribution in [0.25, 0.3) is 0 Å². The summed E-state index contributed by atoms with van der Waals surface area (Å²) in [5, 5.41) is 0. The molecule has 0 saturated carbocycles. The summed E-state index contributed by atoms with van der Waals surface area (Å²) in [5.41, 5.74) is 0.106. The first-order valence-electron chi connectivity index (χ1n) is 5.28. The maximum Gasteiger partial charge on any atom is 0.340 e. The summed E-state index contributed by atoms with van der Waals surface area (Å²) in [5.74, 6) is -5.16. The van der Waals surface area contributed by atoms with Crippen LogP contribution in [0.1, 0.15) is 17.3 Å². The number of ether oxygens (including phenoxy) is 2. The molecule has 1 heterocycles. The second-order valence-corrected chi connectivity index (χ2v) is 3.46. The van der Waals surface area contributed by atoms with Gasteiger partial charge in [0.25, 0.3) is 0 Å². The quantitative estimate of drug-likeness (QED) is 0.594. The van der Waals surface area contributed by atoms with Gasteiger partial charge in [0.05, 0.1) is 12.2 Å². The fraction of sp³-hybridized carbons (Fsp3) is 0.455. The zero-order valence-electron chi connectivity index (χ0n) is 9.91. The Kier molecular flexibility index (Phi) is 5.08. The minimum atomic E-state index is -4.25. The average molecular weight is 281 g/mol. The van der Waals surface area contributed by atoms with Crippen LogP contribution in [0.5, 0.6) is 5.88 Å². The molecular formula is C11H11F4NO3. The Bertz CT molecular complexity index is 422. The lowest BCUT2D eigenvalue weighted by atomic mass is 10.3. The topological polar surface area (TPSA) is 48.4 Å². The predicted octanol–water partition coefficient (Wildman–Crippen LogP) is 2.54. The average Bonchev–Trinajstić information content (AvgIpc) is 2.37. The van der Waals surface area contributed by atoms with Gasteiger partial charge in [-0.05, 0) is 13.0 Å². The number of hydrogen-bond donors (Lipinski definition) is 0. The van der Waals surface area contributed by atoms with Gasteiger partial charge in [-0.1, -0.05) is 0 Å². The van der Waals surface area contributed by atoms with Gasteiger partial charge in [0.15, 0.2) is 6.61 Å². The van der Waals surface area contributed by atoms with Gasteiger partial charge < -0.3 is 9.47 Å². The van der Waals surface area contributed by atoms with Gasteiger partial charge in [-0.3, -0.25) is 0 Å². The van der Waals surface area contributed by atoms with E-state index in [1.165, 1.54) is 6.07 Å². The first-order valence-corrected chi connectivity index (χ1v) is 5.28. The highest BCUT2D eigenvalue weighted by Crippen LogP contribution is 2.23. The molecule has 0 amide bonds. The zero-order valence-corrected chi connectivity index (χ0v) is 9.91. The van der Waals surface area contributed by atoms with E-state index >= 15 is 0 Å². The van der Waals surface area contributed by atoms with Crippen molar-refractivity contribution in [1.29, 1.82) is 0 Å². The third-order valence-corrected chi connectivity index (χ3v) is 1.98. The molecule has 0 aromatic carbocycles. The fourth-order valence-electron chi connectivity index (χ4n) is 1.03. The molecule has 0 unspecified atom stereocenters. The molecule has 1 aromatic heterocycles. The molecule has 0 atom stereocenters. The van der Waals surface area contributed by atoms with E-state index in [0.29, 0.717) is 0 Å². The van der Waals surface area contributed by atoms with Gasteiger partial charge in [-0.25, -0.2) is 18.6 Å². The summed E-state index contributed by atoms with van der Waals surface area (Å²) in [4.78, 5) is 14.8. The number of carbonyl (C=O) groups is 1. The van der Waals surface area contributed by atoms with Gasteiger partial charge in [0, 0.05) is 12.3 Å². The Morgan fingerprint density at radius 1 is 1.42 bits per heavy atom. The number of pyridine rings is 1. The highest BCUT2D eigenvalue weighted by molar-refractivity contribution is 5.89. The van der Waals surface area contributed by atoms with E-state index in [9.17, 15) is 22.4 Å². The minimum absolute atomic E-state index is 0.106. The first-order chi connectivity index (χ1) is 8.86. The Morgan fingerprint density at radius 3 is 2.58 bits per heavy atom. The molecule has 0 saturated heterocycles. The smallest absolute Gasteiger partial charge is 0.340 e. The lowest BCUT2D eigenvalue weighted by Gasteiger charge is -2.15. The lowest BCUT2D eigenvalue weighted by Crippen LogP contribution is -2.33. The summed E-state index contributed by atoms with van der Waals surface area (Å²) in [6.07, 6.45) is -2.76. The van der Waals surface area contributed by atoms with Crippen LogP contribution in [0, 0.1) is 0 Å². The molecule has 0 fully saturated rings. The van der Waals surface area contributed by atoms with Crippen LogP contribution < -0.4 is 4.74 Å². The molecule has 0 radical (unpaired) electrons. The number of rotatable bonds is 6. The van der Waals surface area contributed by atoms with Crippen molar-refractivity contribution in [3.05, 3.63) is 23.9 Å². The van der Waals surface area contributed by atoms with E-state index in [1.54, 1.807) is 6.92 Å². The van der Waals surface area contributed by atoms with Crippen molar-refractivity contribution in [2.24, 2.45) is 0 Å². The van der Waals surface area contributed by atoms with E-state index in [-0.39, 0.29) is 18.1 Å². The van der Waals surface area contributed by atoms with Crippen LogP contribution in [-0.2, 0) is 4.74 Å². The van der Waals surface area contributed by atoms with Crippen molar-refractivity contribution in [2.75, 3.05) is 13.2 Å². The summed E-state index contributed by atoms with van der Waals surface area (Å²) in [7, 11) is 0. The van der Waals surface area contributed by atoms with Gasteiger partial charge in [-0.2, -0.15) is 8.78 Å². The van der Waals surface area contributed by atoms with Crippen LogP contribution in [0.3, 0.4) is 0 Å². The highest BCUT2D eigenvalue weighted by atomic mass is 19.3. The van der Waals surface area contributed by atoms with E-state index < -0.39 is 24.9 Å². The molecule has 106 valence electrons. The van der Waals surface area contributed by atoms with Gasteiger partial charge in [0.1, 0.15) is 0 Å². The predicted molar refractivity (Wildman–Crippen MR) is 56.6 cm³/mol. The van der Waals surface area contributed by atoms with Crippen LogP contribution >= 0.6 is 0 Å². The summed E-state index contributed by atoms with van der Waals surface area (Å²) in [6, 6.07) is 2.36. The molecule has 0 aliphatic heterocycles. The molecule has 4 nitrogen and oxygen atoms in total. The fourth-order valence-corrected chi connectivity index (χ4v) is 1.03. The molecule has 1 aromatic rings. The Hall–Kier alpha value is -1.86. The first kappa shape index (κ1) is 15.2. The van der Waals surface area contributed by atoms with Crippen LogP contribution in [-0.4, -0.2) is 36.5 Å². The highest BCUT2D eigenvalue weighted by Gasteiger charge is 2.41. The summed E-state index contributed by atoms with van der Waals surface area (Å²) in [6.45, 7) is 0.309. The molecule has 8 heteroatoms. The van der Waals surface area contributed by atoms with Crippen LogP contribution in [0.4, 0.5) is 17.6 Å². The van der Waals surface area contributed by atoms with Gasteiger partial charge in [-0.15, -0.1) is 0 Å². The summed E-state index contributed by atoms with van der Waals surface area (Å²) >= 11 is 0. The SMILES string of the molecule is CCOC(=O)c1ccc(OCC(F)(F)C(F)F)nc1. The number of esters is 1. The molecule has 0 bridgehead atoms. The van der Waals surface area contributed by atoms with Crippen molar-refractivity contribution in [3.63, 3.8) is 0 Å². The largest absolute Gasteiger partial charge is 0.471 e. The molecule has 0 aliphatic rings. The molecular weight excluding hydrogens is 270 g/mol. The van der Waals surface area contributed by atoms with Crippen molar-refractivity contribution >= 4 is 5.97 Å². The minimum Gasteiger partial charge on any atom is -0.471 e. The molecule has 1 rings (SSSR count). The second kappa shape index (κ2) is 6.35. The van der Waals surface area contributed by atoms with E-state index in [1.807, 2.05) is 0 Å². The molecule has 0 N–H and O–H groups in total.